The van der Waals surface area contributed by atoms with Gasteiger partial charge in [-0.25, -0.2) is 24.2 Å². The molecule has 490 valence electrons. The zero-order valence-corrected chi connectivity index (χ0v) is 52.8. The van der Waals surface area contributed by atoms with Crippen LogP contribution in [0.2, 0.25) is 5.02 Å². The summed E-state index contributed by atoms with van der Waals surface area (Å²) in [6, 6.07) is 41.7. The molecule has 4 atom stereocenters. The van der Waals surface area contributed by atoms with Crippen molar-refractivity contribution in [3.05, 3.63) is 208 Å². The van der Waals surface area contributed by atoms with Crippen LogP contribution in [-0.2, 0) is 99.2 Å². The fraction of sp³-hybridized carbons (Fsp3) is 0.368. The second-order valence-corrected chi connectivity index (χ2v) is 23.6. The molecule has 0 aliphatic rings. The standard InChI is InChI=1S/C68H79ClFN6O15P/c69-56-43-55(44-73-64(56)70)65(81)72-41-21-6-18-34-60(77)71-40-20-7-19-35-61(78)75-58(67(83)88-47-52-27-12-3-13-28-52)36-38-62(79)74-57(66(82)87-46-51-25-10-2-11-26-51)33-22-42-90-92(85,91-49-54-31-16-5-17-32-54)76-59(68(84)89-48-53-29-14-4-15-30-53)37-39-63(80)86-45-50-23-8-1-9-24-50/h1-5,8-17,23-32,43-44,57-59H,6-7,18-22,33-42,45-49H2,(H,71,77)(H,72,81)(H,74,79)(H,75,78)(H,76,85)/t57-,58-,59-,92?/m0/s1. The zero-order valence-electron chi connectivity index (χ0n) is 51.2. The Labute approximate surface area is 540 Å². The predicted octanol–water partition coefficient (Wildman–Crippen LogP) is 10.4. The van der Waals surface area contributed by atoms with Crippen LogP contribution in [0.1, 0.15) is 128 Å². The van der Waals surface area contributed by atoms with Gasteiger partial charge in [0.15, 0.2) is 0 Å². The number of nitrogens with zero attached hydrogens (tertiary/aromatic N) is 1. The Bertz CT molecular complexity index is 3310. The maximum absolute atomic E-state index is 14.8. The molecular weight excluding hydrogens is 1230 g/mol. The van der Waals surface area contributed by atoms with Crippen molar-refractivity contribution in [1.82, 2.24) is 31.3 Å². The number of esters is 4. The third kappa shape index (κ3) is 28.7. The molecule has 6 aromatic rings. The van der Waals surface area contributed by atoms with E-state index in [9.17, 15) is 47.3 Å². The van der Waals surface area contributed by atoms with E-state index >= 15 is 0 Å². The minimum Gasteiger partial charge on any atom is -0.461 e. The monoisotopic (exact) mass is 1300 g/mol. The first-order valence-electron chi connectivity index (χ1n) is 30.6. The molecule has 24 heteroatoms. The first kappa shape index (κ1) is 72.4. The molecule has 0 saturated heterocycles. The Kier molecular flexibility index (Phi) is 32.2. The fourth-order valence-corrected chi connectivity index (χ4v) is 10.6. The lowest BCUT2D eigenvalue weighted by molar-refractivity contribution is -0.150. The molecule has 1 unspecified atom stereocenters. The van der Waals surface area contributed by atoms with Crippen molar-refractivity contribution in [2.75, 3.05) is 19.7 Å². The minimum absolute atomic E-state index is 0.00690. The number of halogens is 2. The lowest BCUT2D eigenvalue weighted by Gasteiger charge is -2.25. The molecular formula is C68H79ClFN6O15P. The highest BCUT2D eigenvalue weighted by Crippen LogP contribution is 2.46. The van der Waals surface area contributed by atoms with Gasteiger partial charge in [0.2, 0.25) is 23.7 Å². The normalized spacial score (nSPS) is 12.6. The smallest absolute Gasteiger partial charge is 0.406 e. The molecule has 92 heavy (non-hydrogen) atoms. The Morgan fingerprint density at radius 1 is 0.457 bits per heavy atom. The van der Waals surface area contributed by atoms with E-state index in [1.165, 1.54) is 6.07 Å². The van der Waals surface area contributed by atoms with Crippen molar-refractivity contribution in [2.24, 2.45) is 0 Å². The van der Waals surface area contributed by atoms with Gasteiger partial charge in [-0.05, 0) is 85.3 Å². The van der Waals surface area contributed by atoms with Crippen LogP contribution in [0.5, 0.6) is 0 Å². The summed E-state index contributed by atoms with van der Waals surface area (Å²) in [6.07, 6.45) is 3.69. The molecule has 0 fully saturated rings. The lowest BCUT2D eigenvalue weighted by Crippen LogP contribution is -2.45. The Hall–Kier alpha value is -8.66. The number of aromatic nitrogens is 1. The van der Waals surface area contributed by atoms with E-state index in [1.807, 2.05) is 30.3 Å². The maximum Gasteiger partial charge on any atom is 0.406 e. The van der Waals surface area contributed by atoms with Crippen molar-refractivity contribution < 1.29 is 75.3 Å². The number of rotatable bonds is 42. The summed E-state index contributed by atoms with van der Waals surface area (Å²) in [5.74, 6) is -5.63. The fourth-order valence-electron chi connectivity index (χ4n) is 8.95. The minimum atomic E-state index is -4.50. The molecule has 5 aromatic carbocycles. The van der Waals surface area contributed by atoms with Crippen molar-refractivity contribution in [2.45, 2.75) is 141 Å². The van der Waals surface area contributed by atoms with Crippen LogP contribution in [0.4, 0.5) is 4.39 Å². The summed E-state index contributed by atoms with van der Waals surface area (Å²) in [5.41, 5.74) is 3.57. The number of hydrogen-bond acceptors (Lipinski definition) is 16. The number of amides is 4. The molecule has 21 nitrogen and oxygen atoms in total. The Balaban J connectivity index is 1.03. The van der Waals surface area contributed by atoms with Crippen molar-refractivity contribution in [1.29, 1.82) is 0 Å². The third-order valence-electron chi connectivity index (χ3n) is 14.0. The molecule has 0 bridgehead atoms. The Morgan fingerprint density at radius 2 is 0.880 bits per heavy atom. The SMILES string of the molecule is O=C(CCCCCNC(=O)c1cnc(F)c(Cl)c1)NCCCCCC(=O)N[C@@H](CCC(=O)N[C@@H](CCCOP(=O)(N[C@@H](CCC(=O)OCc1ccccc1)C(=O)OCc1ccccc1)OCc1ccccc1)C(=O)OCc1ccccc1)C(=O)OCc1ccccc1. The number of pyridine rings is 1. The van der Waals surface area contributed by atoms with Crippen molar-refractivity contribution in [3.63, 3.8) is 0 Å². The summed E-state index contributed by atoms with van der Waals surface area (Å²) in [4.78, 5) is 110. The van der Waals surface area contributed by atoms with E-state index in [2.05, 4.69) is 31.3 Å². The van der Waals surface area contributed by atoms with Gasteiger partial charge in [0.1, 0.15) is 44.6 Å². The summed E-state index contributed by atoms with van der Waals surface area (Å²) in [6.45, 7) is -0.202. The van der Waals surface area contributed by atoms with Crippen LogP contribution in [0.25, 0.3) is 0 Å². The van der Waals surface area contributed by atoms with E-state index in [0.717, 1.165) is 11.8 Å². The quantitative estimate of drug-likeness (QED) is 0.00783. The molecule has 1 aromatic heterocycles. The molecule has 5 N–H and O–H groups in total. The van der Waals surface area contributed by atoms with Gasteiger partial charge in [0.05, 0.1) is 23.8 Å². The van der Waals surface area contributed by atoms with Gasteiger partial charge >= 0.3 is 31.6 Å². The van der Waals surface area contributed by atoms with E-state index in [0.29, 0.717) is 73.9 Å². The molecule has 0 aliphatic carbocycles. The van der Waals surface area contributed by atoms with Crippen LogP contribution < -0.4 is 26.4 Å². The number of benzene rings is 5. The molecule has 0 spiro atoms. The van der Waals surface area contributed by atoms with Crippen LogP contribution in [0.3, 0.4) is 0 Å². The van der Waals surface area contributed by atoms with E-state index in [1.54, 1.807) is 121 Å². The van der Waals surface area contributed by atoms with E-state index in [-0.39, 0.29) is 108 Å². The van der Waals surface area contributed by atoms with Gasteiger partial charge in [0, 0.05) is 45.0 Å². The summed E-state index contributed by atoms with van der Waals surface area (Å²) in [5, 5.41) is 13.5. The Morgan fingerprint density at radius 3 is 1.38 bits per heavy atom. The van der Waals surface area contributed by atoms with Crippen molar-refractivity contribution in [3.8, 4) is 0 Å². The molecule has 0 radical (unpaired) electrons. The van der Waals surface area contributed by atoms with Gasteiger partial charge < -0.3 is 40.2 Å². The molecule has 4 amide bonds. The highest BCUT2D eigenvalue weighted by molar-refractivity contribution is 7.51. The summed E-state index contributed by atoms with van der Waals surface area (Å²) < 4.78 is 62.5. The highest BCUT2D eigenvalue weighted by Gasteiger charge is 2.35. The number of hydrogen-bond donors (Lipinski definition) is 5. The summed E-state index contributed by atoms with van der Waals surface area (Å²) >= 11 is 5.71. The summed E-state index contributed by atoms with van der Waals surface area (Å²) in [7, 11) is -4.50. The second kappa shape index (κ2) is 41.0. The van der Waals surface area contributed by atoms with Crippen LogP contribution in [-0.4, -0.2) is 90.3 Å². The maximum atomic E-state index is 14.8. The molecule has 0 aliphatic heterocycles. The third-order valence-corrected chi connectivity index (χ3v) is 15.9. The lowest BCUT2D eigenvalue weighted by atomic mass is 10.1. The first-order chi connectivity index (χ1) is 44.6. The van der Waals surface area contributed by atoms with Crippen molar-refractivity contribution >= 4 is 66.9 Å². The van der Waals surface area contributed by atoms with Crippen LogP contribution >= 0.6 is 19.3 Å². The van der Waals surface area contributed by atoms with Gasteiger partial charge in [-0.15, -0.1) is 0 Å². The predicted molar refractivity (Wildman–Crippen MR) is 340 cm³/mol. The van der Waals surface area contributed by atoms with Gasteiger partial charge in [-0.3, -0.25) is 37.8 Å². The van der Waals surface area contributed by atoms with Crippen LogP contribution in [0, 0.1) is 5.95 Å². The molecule has 1 heterocycles. The first-order valence-corrected chi connectivity index (χ1v) is 32.5. The number of nitrogens with one attached hydrogen (secondary N) is 5. The number of carbonyl (C=O) groups is 8. The largest absolute Gasteiger partial charge is 0.461 e. The average Bonchev–Trinajstić information content (AvgIpc) is 1.19. The van der Waals surface area contributed by atoms with Crippen LogP contribution in [0.15, 0.2) is 164 Å². The van der Waals surface area contributed by atoms with E-state index < -0.39 is 73.4 Å². The number of unbranched alkanes of at least 4 members (excludes halogenated alkanes) is 4. The van der Waals surface area contributed by atoms with Gasteiger partial charge in [-0.1, -0.05) is 176 Å². The second-order valence-electron chi connectivity index (χ2n) is 21.4. The molecule has 6 rings (SSSR count). The molecule has 0 saturated carbocycles. The highest BCUT2D eigenvalue weighted by atomic mass is 35.5. The zero-order chi connectivity index (χ0) is 65.6. The number of carbonyl (C=O) groups excluding carboxylic acids is 8. The average molecular weight is 1310 g/mol. The number of ether oxygens (including phenoxy) is 4. The van der Waals surface area contributed by atoms with E-state index in [4.69, 9.17) is 39.6 Å². The van der Waals surface area contributed by atoms with Gasteiger partial charge in [0.25, 0.3) is 5.91 Å². The topological polar surface area (TPSA) is 282 Å². The van der Waals surface area contributed by atoms with Gasteiger partial charge in [-0.2, -0.15) is 4.39 Å².